The Labute approximate surface area is 94.2 Å². The van der Waals surface area contributed by atoms with Crippen LogP contribution in [0.5, 0.6) is 0 Å². The van der Waals surface area contributed by atoms with Crippen LogP contribution < -0.4 is 10.6 Å². The van der Waals surface area contributed by atoms with E-state index in [9.17, 15) is 0 Å². The monoisotopic (exact) mass is 210 g/mol. The summed E-state index contributed by atoms with van der Waals surface area (Å²) in [6.45, 7) is 7.23. The van der Waals surface area contributed by atoms with Crippen molar-refractivity contribution in [2.75, 3.05) is 13.1 Å². The zero-order valence-corrected chi connectivity index (χ0v) is 10.3. The molecule has 0 aromatic rings. The lowest BCUT2D eigenvalue weighted by Gasteiger charge is -2.36. The zero-order valence-electron chi connectivity index (χ0n) is 10.3. The van der Waals surface area contributed by atoms with Gasteiger partial charge in [-0.15, -0.1) is 0 Å². The molecular weight excluding hydrogens is 184 g/mol. The van der Waals surface area contributed by atoms with Gasteiger partial charge in [-0.3, -0.25) is 0 Å². The van der Waals surface area contributed by atoms with Crippen LogP contribution in [0.1, 0.15) is 52.4 Å². The highest BCUT2D eigenvalue weighted by Gasteiger charge is 2.28. The molecule has 1 aliphatic carbocycles. The van der Waals surface area contributed by atoms with Gasteiger partial charge in [-0.05, 0) is 44.1 Å². The minimum Gasteiger partial charge on any atom is -0.313 e. The van der Waals surface area contributed by atoms with Crippen molar-refractivity contribution >= 4 is 0 Å². The Kier molecular flexibility index (Phi) is 3.68. The Morgan fingerprint density at radius 2 is 2.13 bits per heavy atom. The first-order chi connectivity index (χ1) is 7.16. The van der Waals surface area contributed by atoms with E-state index in [4.69, 9.17) is 0 Å². The topological polar surface area (TPSA) is 24.1 Å². The number of hydrogen-bond acceptors (Lipinski definition) is 2. The van der Waals surface area contributed by atoms with Crippen molar-refractivity contribution < 1.29 is 0 Å². The molecule has 1 heterocycles. The van der Waals surface area contributed by atoms with E-state index in [2.05, 4.69) is 24.5 Å². The van der Waals surface area contributed by atoms with E-state index in [1.165, 1.54) is 51.6 Å². The summed E-state index contributed by atoms with van der Waals surface area (Å²) >= 11 is 0. The van der Waals surface area contributed by atoms with E-state index in [0.717, 1.165) is 12.1 Å². The second-order valence-electron chi connectivity index (χ2n) is 6.16. The van der Waals surface area contributed by atoms with E-state index in [-0.39, 0.29) is 0 Å². The highest BCUT2D eigenvalue weighted by Crippen LogP contribution is 2.35. The van der Waals surface area contributed by atoms with Gasteiger partial charge in [0.1, 0.15) is 0 Å². The molecule has 2 aliphatic rings. The molecule has 1 saturated heterocycles. The molecule has 2 rings (SSSR count). The molecule has 2 N–H and O–H groups in total. The minimum atomic E-state index is 0.568. The first-order valence-corrected chi connectivity index (χ1v) is 6.62. The Balaban J connectivity index is 1.69. The van der Waals surface area contributed by atoms with Crippen molar-refractivity contribution in [1.29, 1.82) is 0 Å². The van der Waals surface area contributed by atoms with E-state index in [1.807, 2.05) is 0 Å². The summed E-state index contributed by atoms with van der Waals surface area (Å²) in [4.78, 5) is 0. The lowest BCUT2D eigenvalue weighted by atomic mass is 9.75. The molecule has 1 aliphatic heterocycles. The summed E-state index contributed by atoms with van der Waals surface area (Å²) < 4.78 is 0. The predicted molar refractivity (Wildman–Crippen MR) is 65.1 cm³/mol. The summed E-state index contributed by atoms with van der Waals surface area (Å²) in [5, 5.41) is 7.31. The summed E-state index contributed by atoms with van der Waals surface area (Å²) in [6, 6.07) is 1.52. The van der Waals surface area contributed by atoms with E-state index < -0.39 is 0 Å². The molecule has 0 amide bonds. The third kappa shape index (κ3) is 3.46. The van der Waals surface area contributed by atoms with Crippen LogP contribution in [0.2, 0.25) is 0 Å². The van der Waals surface area contributed by atoms with E-state index in [0.29, 0.717) is 5.41 Å². The summed E-state index contributed by atoms with van der Waals surface area (Å²) in [7, 11) is 0. The van der Waals surface area contributed by atoms with Gasteiger partial charge in [0, 0.05) is 18.6 Å². The largest absolute Gasteiger partial charge is 0.313 e. The SMILES string of the molecule is CC1(C)CCCC(NCC2CCCN2)C1. The molecule has 0 aromatic carbocycles. The van der Waals surface area contributed by atoms with Gasteiger partial charge in [-0.25, -0.2) is 0 Å². The third-order valence-electron chi connectivity index (χ3n) is 4.02. The van der Waals surface area contributed by atoms with Crippen molar-refractivity contribution in [3.63, 3.8) is 0 Å². The zero-order chi connectivity index (χ0) is 10.7. The summed E-state index contributed by atoms with van der Waals surface area (Å²) in [6.07, 6.45) is 8.29. The standard InChI is InChI=1S/C13H26N2/c1-13(2)7-3-5-11(9-13)15-10-12-6-4-8-14-12/h11-12,14-15H,3-10H2,1-2H3. The van der Waals surface area contributed by atoms with Gasteiger partial charge in [0.25, 0.3) is 0 Å². The van der Waals surface area contributed by atoms with Crippen LogP contribution >= 0.6 is 0 Å². The van der Waals surface area contributed by atoms with Gasteiger partial charge in [-0.2, -0.15) is 0 Å². The lowest BCUT2D eigenvalue weighted by Crippen LogP contribution is -2.43. The van der Waals surface area contributed by atoms with Crippen molar-refractivity contribution in [2.45, 2.75) is 64.5 Å². The second kappa shape index (κ2) is 4.84. The van der Waals surface area contributed by atoms with Crippen LogP contribution in [0, 0.1) is 5.41 Å². The quantitative estimate of drug-likeness (QED) is 0.747. The maximum absolute atomic E-state index is 3.76. The molecule has 0 aromatic heterocycles. The molecule has 1 saturated carbocycles. The molecule has 2 nitrogen and oxygen atoms in total. The maximum Gasteiger partial charge on any atom is 0.0193 e. The predicted octanol–water partition coefficient (Wildman–Crippen LogP) is 2.30. The fourth-order valence-electron chi connectivity index (χ4n) is 3.11. The molecule has 2 atom stereocenters. The van der Waals surface area contributed by atoms with Crippen LogP contribution in [0.4, 0.5) is 0 Å². The number of hydrogen-bond donors (Lipinski definition) is 2. The summed E-state index contributed by atoms with van der Waals surface area (Å²) in [5.41, 5.74) is 0.568. The lowest BCUT2D eigenvalue weighted by molar-refractivity contribution is 0.196. The normalized spacial score (nSPS) is 35.6. The third-order valence-corrected chi connectivity index (χ3v) is 4.02. The first kappa shape index (κ1) is 11.4. The van der Waals surface area contributed by atoms with E-state index >= 15 is 0 Å². The summed E-state index contributed by atoms with van der Waals surface area (Å²) in [5.74, 6) is 0. The Morgan fingerprint density at radius 1 is 1.27 bits per heavy atom. The Morgan fingerprint density at radius 3 is 2.80 bits per heavy atom. The molecular formula is C13H26N2. The van der Waals surface area contributed by atoms with Crippen LogP contribution in [0.25, 0.3) is 0 Å². The molecule has 15 heavy (non-hydrogen) atoms. The Bertz CT molecular complexity index is 195. The van der Waals surface area contributed by atoms with Crippen molar-refractivity contribution in [3.8, 4) is 0 Å². The van der Waals surface area contributed by atoms with Crippen LogP contribution in [-0.4, -0.2) is 25.2 Å². The molecule has 0 bridgehead atoms. The van der Waals surface area contributed by atoms with Crippen LogP contribution in [0.3, 0.4) is 0 Å². The fraction of sp³-hybridized carbons (Fsp3) is 1.00. The van der Waals surface area contributed by atoms with Gasteiger partial charge in [0.2, 0.25) is 0 Å². The van der Waals surface area contributed by atoms with Crippen LogP contribution in [-0.2, 0) is 0 Å². The van der Waals surface area contributed by atoms with Gasteiger partial charge < -0.3 is 10.6 Å². The molecule has 88 valence electrons. The highest BCUT2D eigenvalue weighted by molar-refractivity contribution is 4.85. The fourth-order valence-corrected chi connectivity index (χ4v) is 3.11. The van der Waals surface area contributed by atoms with Gasteiger partial charge in [-0.1, -0.05) is 20.3 Å². The minimum absolute atomic E-state index is 0.568. The smallest absolute Gasteiger partial charge is 0.0193 e. The van der Waals surface area contributed by atoms with Crippen molar-refractivity contribution in [2.24, 2.45) is 5.41 Å². The first-order valence-electron chi connectivity index (χ1n) is 6.62. The van der Waals surface area contributed by atoms with Crippen LogP contribution in [0.15, 0.2) is 0 Å². The molecule has 2 heteroatoms. The average molecular weight is 210 g/mol. The van der Waals surface area contributed by atoms with Gasteiger partial charge in [0.15, 0.2) is 0 Å². The average Bonchev–Trinajstić information content (AvgIpc) is 2.65. The number of rotatable bonds is 3. The maximum atomic E-state index is 3.76. The highest BCUT2D eigenvalue weighted by atomic mass is 15.0. The van der Waals surface area contributed by atoms with E-state index in [1.54, 1.807) is 0 Å². The second-order valence-corrected chi connectivity index (χ2v) is 6.16. The molecule has 0 radical (unpaired) electrons. The molecule has 2 unspecified atom stereocenters. The van der Waals surface area contributed by atoms with Crippen molar-refractivity contribution in [3.05, 3.63) is 0 Å². The molecule has 0 spiro atoms. The van der Waals surface area contributed by atoms with Crippen molar-refractivity contribution in [1.82, 2.24) is 10.6 Å². The number of nitrogens with one attached hydrogen (secondary N) is 2. The van der Waals surface area contributed by atoms with Gasteiger partial charge >= 0.3 is 0 Å². The molecule has 2 fully saturated rings. The Hall–Kier alpha value is -0.0800. The van der Waals surface area contributed by atoms with Gasteiger partial charge in [0.05, 0.1) is 0 Å².